The molecule has 1 amide bonds. The van der Waals surface area contributed by atoms with E-state index in [1.165, 1.54) is 0 Å². The second-order valence-electron chi connectivity index (χ2n) is 5.52. The van der Waals surface area contributed by atoms with Crippen LogP contribution in [0, 0.1) is 0 Å². The number of ether oxygens (including phenoxy) is 2. The van der Waals surface area contributed by atoms with Gasteiger partial charge in [0.25, 0.3) is 0 Å². The summed E-state index contributed by atoms with van der Waals surface area (Å²) in [5.74, 6) is -0.0368. The number of carbonyl (C=O) groups excluding carboxylic acids is 1. The monoisotopic (exact) mass is 336 g/mol. The van der Waals surface area contributed by atoms with E-state index in [4.69, 9.17) is 20.3 Å². The maximum atomic E-state index is 11.3. The predicted octanol–water partition coefficient (Wildman–Crippen LogP) is -2.56. The van der Waals surface area contributed by atoms with Crippen molar-refractivity contribution in [2.24, 2.45) is 5.73 Å². The summed E-state index contributed by atoms with van der Waals surface area (Å²) in [5, 5.41) is 40.8. The van der Waals surface area contributed by atoms with Crippen LogP contribution in [0.15, 0.2) is 0 Å². The first-order valence-corrected chi connectivity index (χ1v) is 7.90. The molecule has 0 saturated carbocycles. The molecule has 136 valence electrons. The Kier molecular flexibility index (Phi) is 9.56. The zero-order valence-corrected chi connectivity index (χ0v) is 13.1. The molecule has 0 aromatic heterocycles. The Labute approximate surface area is 135 Å². The second-order valence-corrected chi connectivity index (χ2v) is 5.52. The van der Waals surface area contributed by atoms with Gasteiger partial charge in [-0.25, -0.2) is 0 Å². The Hall–Kier alpha value is -0.810. The zero-order valence-electron chi connectivity index (χ0n) is 13.1. The number of aliphatic hydroxyl groups is 4. The Morgan fingerprint density at radius 2 is 1.87 bits per heavy atom. The molecule has 0 radical (unpaired) electrons. The van der Waals surface area contributed by atoms with Crippen molar-refractivity contribution in [2.45, 2.75) is 56.4 Å². The number of unbranched alkanes of at least 4 members (excludes halogenated alkanes) is 2. The smallest absolute Gasteiger partial charge is 0.220 e. The van der Waals surface area contributed by atoms with Crippen molar-refractivity contribution in [3.8, 4) is 0 Å². The van der Waals surface area contributed by atoms with Gasteiger partial charge in [0, 0.05) is 26.1 Å². The van der Waals surface area contributed by atoms with Crippen molar-refractivity contribution in [3.05, 3.63) is 0 Å². The lowest BCUT2D eigenvalue weighted by molar-refractivity contribution is -0.301. The van der Waals surface area contributed by atoms with E-state index in [1.807, 2.05) is 0 Å². The summed E-state index contributed by atoms with van der Waals surface area (Å²) in [6.07, 6.45) is -3.74. The van der Waals surface area contributed by atoms with E-state index in [2.05, 4.69) is 5.32 Å². The topological polar surface area (TPSA) is 154 Å². The molecule has 1 saturated heterocycles. The van der Waals surface area contributed by atoms with E-state index in [9.17, 15) is 20.1 Å². The van der Waals surface area contributed by atoms with E-state index < -0.39 is 37.3 Å². The maximum Gasteiger partial charge on any atom is 0.220 e. The van der Waals surface area contributed by atoms with Gasteiger partial charge >= 0.3 is 0 Å². The van der Waals surface area contributed by atoms with Crippen molar-refractivity contribution >= 4 is 5.91 Å². The van der Waals surface area contributed by atoms with Crippen LogP contribution in [0.1, 0.15) is 25.7 Å². The minimum absolute atomic E-state index is 0.0368. The van der Waals surface area contributed by atoms with Gasteiger partial charge in [0.1, 0.15) is 24.4 Å². The molecular weight excluding hydrogens is 308 g/mol. The standard InChI is InChI=1S/C14H28N2O7/c15-5-6-16-10(18)4-2-1-3-7-22-14-13(21)12(20)11(19)9(8-17)23-14/h9,11-14,17,19-21H,1-8,15H2,(H,16,18)/t9-,11-,12+,13-,14+/m1/s1. The lowest BCUT2D eigenvalue weighted by Crippen LogP contribution is -2.59. The molecule has 0 unspecified atom stereocenters. The molecule has 1 rings (SSSR count). The summed E-state index contributed by atoms with van der Waals surface area (Å²) in [6, 6.07) is 0. The summed E-state index contributed by atoms with van der Waals surface area (Å²) in [6.45, 7) is 0.674. The largest absolute Gasteiger partial charge is 0.394 e. The number of hydrogen-bond donors (Lipinski definition) is 6. The van der Waals surface area contributed by atoms with E-state index in [0.29, 0.717) is 32.4 Å². The SMILES string of the molecule is NCCNC(=O)CCCCCO[C@H]1O[C@H](CO)[C@@H](O)[C@H](O)[C@H]1O. The molecule has 0 aliphatic carbocycles. The van der Waals surface area contributed by atoms with Crippen LogP contribution in [0.5, 0.6) is 0 Å². The third-order valence-electron chi connectivity index (χ3n) is 3.65. The Morgan fingerprint density at radius 1 is 1.13 bits per heavy atom. The molecule has 0 aromatic carbocycles. The molecule has 7 N–H and O–H groups in total. The highest BCUT2D eigenvalue weighted by molar-refractivity contribution is 5.75. The van der Waals surface area contributed by atoms with Crippen LogP contribution in [0.2, 0.25) is 0 Å². The molecule has 1 fully saturated rings. The third kappa shape index (κ3) is 6.68. The first-order chi connectivity index (χ1) is 11.0. The lowest BCUT2D eigenvalue weighted by atomic mass is 9.99. The summed E-state index contributed by atoms with van der Waals surface area (Å²) >= 11 is 0. The molecule has 9 heteroatoms. The summed E-state index contributed by atoms with van der Waals surface area (Å²) in [5.41, 5.74) is 5.28. The molecule has 1 aliphatic rings. The van der Waals surface area contributed by atoms with E-state index in [-0.39, 0.29) is 12.5 Å². The molecule has 0 aromatic rings. The number of nitrogens with one attached hydrogen (secondary N) is 1. The van der Waals surface area contributed by atoms with Crippen molar-refractivity contribution in [2.75, 3.05) is 26.3 Å². The molecule has 1 aliphatic heterocycles. The van der Waals surface area contributed by atoms with Gasteiger partial charge in [-0.15, -0.1) is 0 Å². The second kappa shape index (κ2) is 10.9. The highest BCUT2D eigenvalue weighted by Crippen LogP contribution is 2.22. The number of nitrogens with two attached hydrogens (primary N) is 1. The number of hydrogen-bond acceptors (Lipinski definition) is 8. The molecule has 0 bridgehead atoms. The minimum Gasteiger partial charge on any atom is -0.394 e. The zero-order chi connectivity index (χ0) is 17.2. The average molecular weight is 336 g/mol. The normalized spacial score (nSPS) is 31.1. The number of carbonyl (C=O) groups is 1. The van der Waals surface area contributed by atoms with Gasteiger partial charge in [0.05, 0.1) is 6.61 Å². The van der Waals surface area contributed by atoms with Gasteiger partial charge in [0.15, 0.2) is 6.29 Å². The molecule has 1 heterocycles. The highest BCUT2D eigenvalue weighted by Gasteiger charge is 2.43. The first kappa shape index (κ1) is 20.2. The molecule has 0 spiro atoms. The summed E-state index contributed by atoms with van der Waals surface area (Å²) in [7, 11) is 0. The van der Waals surface area contributed by atoms with Crippen LogP contribution < -0.4 is 11.1 Å². The fourth-order valence-electron chi connectivity index (χ4n) is 2.27. The first-order valence-electron chi connectivity index (χ1n) is 7.90. The van der Waals surface area contributed by atoms with E-state index in [0.717, 1.165) is 6.42 Å². The molecular formula is C14H28N2O7. The van der Waals surface area contributed by atoms with Gasteiger partial charge in [-0.1, -0.05) is 6.42 Å². The van der Waals surface area contributed by atoms with Crippen LogP contribution in [0.3, 0.4) is 0 Å². The Bertz CT molecular complexity index is 343. The van der Waals surface area contributed by atoms with Crippen molar-refractivity contribution in [3.63, 3.8) is 0 Å². The lowest BCUT2D eigenvalue weighted by Gasteiger charge is -2.39. The maximum absolute atomic E-state index is 11.3. The number of rotatable bonds is 10. The van der Waals surface area contributed by atoms with Crippen LogP contribution in [0.25, 0.3) is 0 Å². The van der Waals surface area contributed by atoms with Gasteiger partial charge in [-0.2, -0.15) is 0 Å². The summed E-state index contributed by atoms with van der Waals surface area (Å²) in [4.78, 5) is 11.3. The third-order valence-corrected chi connectivity index (χ3v) is 3.65. The fourth-order valence-corrected chi connectivity index (χ4v) is 2.27. The molecule has 9 nitrogen and oxygen atoms in total. The van der Waals surface area contributed by atoms with Crippen LogP contribution in [-0.4, -0.2) is 83.3 Å². The Morgan fingerprint density at radius 3 is 2.52 bits per heavy atom. The molecule has 23 heavy (non-hydrogen) atoms. The van der Waals surface area contributed by atoms with Gasteiger partial charge < -0.3 is 41.0 Å². The van der Waals surface area contributed by atoms with Crippen molar-refractivity contribution < 1.29 is 34.7 Å². The minimum atomic E-state index is -1.43. The van der Waals surface area contributed by atoms with Gasteiger partial charge in [-0.3, -0.25) is 4.79 Å². The van der Waals surface area contributed by atoms with Crippen molar-refractivity contribution in [1.29, 1.82) is 0 Å². The van der Waals surface area contributed by atoms with Crippen molar-refractivity contribution in [1.82, 2.24) is 5.32 Å². The quantitative estimate of drug-likeness (QED) is 0.238. The Balaban J connectivity index is 2.16. The molecule has 5 atom stereocenters. The highest BCUT2D eigenvalue weighted by atomic mass is 16.7. The summed E-state index contributed by atoms with van der Waals surface area (Å²) < 4.78 is 10.6. The fraction of sp³-hybridized carbons (Fsp3) is 0.929. The number of amides is 1. The van der Waals surface area contributed by atoms with Crippen LogP contribution >= 0.6 is 0 Å². The van der Waals surface area contributed by atoms with E-state index >= 15 is 0 Å². The average Bonchev–Trinajstić information content (AvgIpc) is 2.55. The van der Waals surface area contributed by atoms with Gasteiger partial charge in [0.2, 0.25) is 5.91 Å². The van der Waals surface area contributed by atoms with Crippen LogP contribution in [-0.2, 0) is 14.3 Å². The van der Waals surface area contributed by atoms with Gasteiger partial charge in [-0.05, 0) is 12.8 Å². The van der Waals surface area contributed by atoms with E-state index in [1.54, 1.807) is 0 Å². The number of aliphatic hydroxyl groups excluding tert-OH is 4. The predicted molar refractivity (Wildman–Crippen MR) is 80.3 cm³/mol. The van der Waals surface area contributed by atoms with Crippen LogP contribution in [0.4, 0.5) is 0 Å².